The molecule has 1 atom stereocenters. The maximum absolute atomic E-state index is 8.77. The molecule has 2 heterocycles. The molecule has 6 heteroatoms. The van der Waals surface area contributed by atoms with Gasteiger partial charge < -0.3 is 15.4 Å². The molecule has 0 aromatic carbocycles. The van der Waals surface area contributed by atoms with Gasteiger partial charge in [-0.2, -0.15) is 0 Å². The van der Waals surface area contributed by atoms with E-state index in [9.17, 15) is 0 Å². The van der Waals surface area contributed by atoms with Crippen molar-refractivity contribution in [3.05, 3.63) is 18.2 Å². The van der Waals surface area contributed by atoms with Crippen molar-refractivity contribution in [1.29, 1.82) is 0 Å². The summed E-state index contributed by atoms with van der Waals surface area (Å²) in [6, 6.07) is -0.556. The average Bonchev–Trinajstić information content (AvgIpc) is 2.63. The van der Waals surface area contributed by atoms with Crippen molar-refractivity contribution >= 4 is 11.1 Å². The molecule has 13 heavy (non-hydrogen) atoms. The predicted molar refractivity (Wildman–Crippen MR) is 43.6 cm³/mol. The van der Waals surface area contributed by atoms with Crippen LogP contribution in [0.5, 0.6) is 0 Å². The standard InChI is InChI=1S/C7H8N4O2/c8-4(3-12)7-9-2-6-5(11-7)1-10-13-6/h1-2,4,12H,3,8H2. The lowest BCUT2D eigenvalue weighted by Gasteiger charge is -2.04. The van der Waals surface area contributed by atoms with Crippen molar-refractivity contribution in [3.8, 4) is 0 Å². The fraction of sp³-hybridized carbons (Fsp3) is 0.286. The highest BCUT2D eigenvalue weighted by Gasteiger charge is 2.09. The first kappa shape index (κ1) is 8.09. The molecule has 1 unspecified atom stereocenters. The van der Waals surface area contributed by atoms with Crippen LogP contribution in [0.3, 0.4) is 0 Å². The van der Waals surface area contributed by atoms with Gasteiger partial charge in [0.05, 0.1) is 25.0 Å². The first-order chi connectivity index (χ1) is 6.31. The molecule has 68 valence electrons. The second-order valence-electron chi connectivity index (χ2n) is 2.59. The third-order valence-corrected chi connectivity index (χ3v) is 1.66. The summed E-state index contributed by atoms with van der Waals surface area (Å²) in [6.07, 6.45) is 2.96. The summed E-state index contributed by atoms with van der Waals surface area (Å²) < 4.78 is 4.81. The molecule has 6 nitrogen and oxygen atoms in total. The zero-order valence-corrected chi connectivity index (χ0v) is 6.71. The normalized spacial score (nSPS) is 13.4. The van der Waals surface area contributed by atoms with Crippen LogP contribution >= 0.6 is 0 Å². The van der Waals surface area contributed by atoms with Crippen LogP contribution in [0.4, 0.5) is 0 Å². The van der Waals surface area contributed by atoms with E-state index in [0.717, 1.165) is 0 Å². The number of hydrogen-bond acceptors (Lipinski definition) is 6. The number of aliphatic hydroxyl groups is 1. The summed E-state index contributed by atoms with van der Waals surface area (Å²) in [5.41, 5.74) is 6.63. The Morgan fingerprint density at radius 1 is 1.54 bits per heavy atom. The summed E-state index contributed by atoms with van der Waals surface area (Å²) in [5, 5.41) is 12.3. The molecule has 2 rings (SSSR count). The highest BCUT2D eigenvalue weighted by molar-refractivity contribution is 5.69. The van der Waals surface area contributed by atoms with Crippen LogP contribution in [0.15, 0.2) is 16.9 Å². The number of aliphatic hydroxyl groups excluding tert-OH is 1. The Hall–Kier alpha value is -1.53. The maximum atomic E-state index is 8.77. The van der Waals surface area contributed by atoms with Crippen LogP contribution in [0, 0.1) is 0 Å². The Balaban J connectivity index is 2.48. The lowest BCUT2D eigenvalue weighted by Crippen LogP contribution is -2.17. The summed E-state index contributed by atoms with van der Waals surface area (Å²) in [7, 11) is 0. The molecule has 0 aliphatic rings. The molecule has 2 aromatic heterocycles. The van der Waals surface area contributed by atoms with Crippen LogP contribution in [-0.2, 0) is 0 Å². The minimum Gasteiger partial charge on any atom is -0.394 e. The molecular formula is C7H8N4O2. The summed E-state index contributed by atoms with van der Waals surface area (Å²) in [4.78, 5) is 7.97. The van der Waals surface area contributed by atoms with Crippen LogP contribution in [0.2, 0.25) is 0 Å². The second-order valence-corrected chi connectivity index (χ2v) is 2.59. The number of fused-ring (bicyclic) bond motifs is 1. The van der Waals surface area contributed by atoms with Gasteiger partial charge in [0.2, 0.25) is 5.58 Å². The molecule has 0 radical (unpaired) electrons. The van der Waals surface area contributed by atoms with Gasteiger partial charge in [0.15, 0.2) is 0 Å². The second kappa shape index (κ2) is 3.08. The zero-order chi connectivity index (χ0) is 9.26. The zero-order valence-electron chi connectivity index (χ0n) is 6.71. The van der Waals surface area contributed by atoms with Crippen LogP contribution < -0.4 is 5.73 Å². The van der Waals surface area contributed by atoms with Crippen LogP contribution in [0.1, 0.15) is 11.9 Å². The van der Waals surface area contributed by atoms with Crippen molar-refractivity contribution in [2.45, 2.75) is 6.04 Å². The molecule has 0 aliphatic carbocycles. The smallest absolute Gasteiger partial charge is 0.203 e. The maximum Gasteiger partial charge on any atom is 0.203 e. The van der Waals surface area contributed by atoms with Crippen molar-refractivity contribution < 1.29 is 9.63 Å². The number of aromatic nitrogens is 3. The first-order valence-corrected chi connectivity index (χ1v) is 3.75. The Labute approximate surface area is 73.4 Å². The van der Waals surface area contributed by atoms with E-state index in [1.165, 1.54) is 12.4 Å². The number of nitrogens with two attached hydrogens (primary N) is 1. The van der Waals surface area contributed by atoms with Gasteiger partial charge in [-0.05, 0) is 0 Å². The minimum absolute atomic E-state index is 0.184. The highest BCUT2D eigenvalue weighted by atomic mass is 16.5. The molecule has 0 saturated carbocycles. The lowest BCUT2D eigenvalue weighted by atomic mass is 10.3. The Morgan fingerprint density at radius 3 is 3.15 bits per heavy atom. The average molecular weight is 180 g/mol. The van der Waals surface area contributed by atoms with Gasteiger partial charge in [0.25, 0.3) is 0 Å². The first-order valence-electron chi connectivity index (χ1n) is 3.75. The number of rotatable bonds is 2. The van der Waals surface area contributed by atoms with Gasteiger partial charge in [0.1, 0.15) is 11.3 Å². The molecule has 0 aliphatic heterocycles. The Morgan fingerprint density at radius 2 is 2.38 bits per heavy atom. The predicted octanol–water partition coefficient (Wildman–Crippen LogP) is -0.390. The molecule has 0 bridgehead atoms. The van der Waals surface area contributed by atoms with E-state index in [-0.39, 0.29) is 6.61 Å². The van der Waals surface area contributed by atoms with Gasteiger partial charge in [0, 0.05) is 0 Å². The monoisotopic (exact) mass is 180 g/mol. The molecule has 0 fully saturated rings. The third kappa shape index (κ3) is 1.36. The van der Waals surface area contributed by atoms with Crippen LogP contribution in [-0.4, -0.2) is 26.8 Å². The van der Waals surface area contributed by atoms with Crippen molar-refractivity contribution in [2.75, 3.05) is 6.61 Å². The molecule has 0 saturated heterocycles. The fourth-order valence-corrected chi connectivity index (χ4v) is 0.954. The molecule has 0 amide bonds. The Kier molecular flexibility index (Phi) is 1.91. The van der Waals surface area contributed by atoms with E-state index >= 15 is 0 Å². The van der Waals surface area contributed by atoms with Crippen molar-refractivity contribution in [1.82, 2.24) is 15.1 Å². The molecule has 3 N–H and O–H groups in total. The summed E-state index contributed by atoms with van der Waals surface area (Å²) in [5.74, 6) is 0.387. The van der Waals surface area contributed by atoms with Crippen LogP contribution in [0.25, 0.3) is 11.1 Å². The van der Waals surface area contributed by atoms with Crippen molar-refractivity contribution in [2.24, 2.45) is 5.73 Å². The molecule has 2 aromatic rings. The van der Waals surface area contributed by atoms with Gasteiger partial charge >= 0.3 is 0 Å². The van der Waals surface area contributed by atoms with E-state index in [1.54, 1.807) is 0 Å². The van der Waals surface area contributed by atoms with Crippen molar-refractivity contribution in [3.63, 3.8) is 0 Å². The van der Waals surface area contributed by atoms with E-state index in [4.69, 9.17) is 15.4 Å². The highest BCUT2D eigenvalue weighted by Crippen LogP contribution is 2.11. The topological polar surface area (TPSA) is 98.1 Å². The third-order valence-electron chi connectivity index (χ3n) is 1.66. The minimum atomic E-state index is -0.556. The van der Waals surface area contributed by atoms with Gasteiger partial charge in [-0.15, -0.1) is 0 Å². The number of nitrogens with zero attached hydrogens (tertiary/aromatic N) is 3. The Bertz CT molecular complexity index is 414. The summed E-state index contributed by atoms with van der Waals surface area (Å²) >= 11 is 0. The lowest BCUT2D eigenvalue weighted by molar-refractivity contribution is 0.263. The fourth-order valence-electron chi connectivity index (χ4n) is 0.954. The van der Waals surface area contributed by atoms with Gasteiger partial charge in [-0.3, -0.25) is 0 Å². The van der Waals surface area contributed by atoms with E-state index < -0.39 is 6.04 Å². The van der Waals surface area contributed by atoms with Gasteiger partial charge in [-0.25, -0.2) is 9.97 Å². The molecule has 0 spiro atoms. The largest absolute Gasteiger partial charge is 0.394 e. The van der Waals surface area contributed by atoms with Gasteiger partial charge in [-0.1, -0.05) is 5.16 Å². The summed E-state index contributed by atoms with van der Waals surface area (Å²) in [6.45, 7) is -0.184. The van der Waals surface area contributed by atoms with E-state index in [2.05, 4.69) is 15.1 Å². The van der Waals surface area contributed by atoms with E-state index in [0.29, 0.717) is 16.9 Å². The molecular weight excluding hydrogens is 172 g/mol. The number of hydrogen-bond donors (Lipinski definition) is 2. The SMILES string of the molecule is NC(CO)c1ncc2oncc2n1. The van der Waals surface area contributed by atoms with E-state index in [1.807, 2.05) is 0 Å². The quantitative estimate of drug-likeness (QED) is 0.653.